The van der Waals surface area contributed by atoms with Crippen LogP contribution in [-0.4, -0.2) is 5.11 Å². The summed E-state index contributed by atoms with van der Waals surface area (Å²) in [4.78, 5) is 0. The zero-order chi connectivity index (χ0) is 13.3. The van der Waals surface area contributed by atoms with Crippen molar-refractivity contribution in [2.45, 2.75) is 0 Å². The highest BCUT2D eigenvalue weighted by Crippen LogP contribution is 2.39. The second kappa shape index (κ2) is 5.94. The van der Waals surface area contributed by atoms with E-state index in [-0.39, 0.29) is 5.75 Å². The van der Waals surface area contributed by atoms with Crippen LogP contribution in [0.25, 0.3) is 0 Å². The Morgan fingerprint density at radius 1 is 0.833 bits per heavy atom. The molecule has 1 N–H and O–H groups in total. The molecular weight excluding hydrogens is 496 g/mol. The maximum atomic E-state index is 9.62. The van der Waals surface area contributed by atoms with Gasteiger partial charge in [-0.15, -0.1) is 0 Å². The number of hydrogen-bond acceptors (Lipinski definition) is 2. The smallest absolute Gasteiger partial charge is 0.144 e. The van der Waals surface area contributed by atoms with E-state index in [1.807, 2.05) is 18.2 Å². The van der Waals surface area contributed by atoms with Crippen LogP contribution in [-0.2, 0) is 0 Å². The van der Waals surface area contributed by atoms with Gasteiger partial charge in [0.1, 0.15) is 17.2 Å². The van der Waals surface area contributed by atoms with E-state index < -0.39 is 0 Å². The number of halogens is 4. The average molecular weight is 502 g/mol. The van der Waals surface area contributed by atoms with Crippen LogP contribution in [0.5, 0.6) is 17.2 Å². The molecule has 6 heteroatoms. The molecule has 2 nitrogen and oxygen atoms in total. The van der Waals surface area contributed by atoms with Crippen molar-refractivity contribution in [3.05, 3.63) is 48.2 Å². The standard InChI is InChI=1S/C12H6Br4O2/c13-6-1-2-11(8(14)3-6)18-7-4-9(15)12(17)10(16)5-7/h1-5,17H. The molecule has 0 amide bonds. The minimum atomic E-state index is 0.150. The monoisotopic (exact) mass is 498 g/mol. The third-order valence-corrected chi connectivity index (χ3v) is 4.43. The maximum absolute atomic E-state index is 9.62. The van der Waals surface area contributed by atoms with Crippen LogP contribution in [0.3, 0.4) is 0 Å². The van der Waals surface area contributed by atoms with Gasteiger partial charge in [0.05, 0.1) is 13.4 Å². The highest BCUT2D eigenvalue weighted by atomic mass is 79.9. The summed E-state index contributed by atoms with van der Waals surface area (Å²) < 4.78 is 8.69. The Morgan fingerprint density at radius 3 is 2.00 bits per heavy atom. The predicted octanol–water partition coefficient (Wildman–Crippen LogP) is 6.23. The first kappa shape index (κ1) is 14.4. The molecule has 0 atom stereocenters. The topological polar surface area (TPSA) is 29.5 Å². The SMILES string of the molecule is Oc1c(Br)cc(Oc2ccc(Br)cc2Br)cc1Br. The molecular formula is C12H6Br4O2. The molecule has 0 aliphatic rings. The van der Waals surface area contributed by atoms with E-state index in [2.05, 4.69) is 63.7 Å². The van der Waals surface area contributed by atoms with Gasteiger partial charge in [-0.1, -0.05) is 15.9 Å². The average Bonchev–Trinajstić information content (AvgIpc) is 2.29. The van der Waals surface area contributed by atoms with Crippen LogP contribution in [0.2, 0.25) is 0 Å². The summed E-state index contributed by atoms with van der Waals surface area (Å²) in [6, 6.07) is 9.05. The first-order chi connectivity index (χ1) is 8.47. The third-order valence-electron chi connectivity index (χ3n) is 2.11. The van der Waals surface area contributed by atoms with Crippen LogP contribution in [0.1, 0.15) is 0 Å². The fraction of sp³-hybridized carbons (Fsp3) is 0. The van der Waals surface area contributed by atoms with E-state index in [0.29, 0.717) is 20.4 Å². The van der Waals surface area contributed by atoms with Gasteiger partial charge in [-0.25, -0.2) is 0 Å². The van der Waals surface area contributed by atoms with Crippen LogP contribution in [0.4, 0.5) is 0 Å². The quantitative estimate of drug-likeness (QED) is 0.528. The molecule has 2 aromatic rings. The zero-order valence-electron chi connectivity index (χ0n) is 8.75. The zero-order valence-corrected chi connectivity index (χ0v) is 15.1. The lowest BCUT2D eigenvalue weighted by Crippen LogP contribution is -1.86. The van der Waals surface area contributed by atoms with E-state index in [4.69, 9.17) is 4.74 Å². The lowest BCUT2D eigenvalue weighted by molar-refractivity contribution is 0.457. The molecule has 0 aromatic heterocycles. The number of hydrogen-bond donors (Lipinski definition) is 1. The van der Waals surface area contributed by atoms with Crippen LogP contribution >= 0.6 is 63.7 Å². The fourth-order valence-corrected chi connectivity index (χ4v) is 3.56. The summed E-state index contributed by atoms with van der Waals surface area (Å²) in [5.74, 6) is 1.47. The highest BCUT2D eigenvalue weighted by Gasteiger charge is 2.09. The maximum Gasteiger partial charge on any atom is 0.144 e. The number of rotatable bonds is 2. The van der Waals surface area contributed by atoms with E-state index in [1.165, 1.54) is 0 Å². The molecule has 0 spiro atoms. The number of aromatic hydroxyl groups is 1. The molecule has 2 aromatic carbocycles. The van der Waals surface area contributed by atoms with Crippen LogP contribution < -0.4 is 4.74 Å². The van der Waals surface area contributed by atoms with E-state index in [0.717, 1.165) is 8.95 Å². The highest BCUT2D eigenvalue weighted by molar-refractivity contribution is 9.11. The van der Waals surface area contributed by atoms with E-state index in [9.17, 15) is 5.11 Å². The number of ether oxygens (including phenoxy) is 1. The molecule has 0 heterocycles. The van der Waals surface area contributed by atoms with Gasteiger partial charge >= 0.3 is 0 Å². The Bertz CT molecular complexity index is 576. The summed E-state index contributed by atoms with van der Waals surface area (Å²) in [6.45, 7) is 0. The van der Waals surface area contributed by atoms with Gasteiger partial charge in [0.15, 0.2) is 0 Å². The van der Waals surface area contributed by atoms with Crippen molar-refractivity contribution in [3.8, 4) is 17.2 Å². The van der Waals surface area contributed by atoms with Gasteiger partial charge in [0, 0.05) is 4.47 Å². The van der Waals surface area contributed by atoms with Crippen molar-refractivity contribution >= 4 is 63.7 Å². The normalized spacial score (nSPS) is 10.4. The first-order valence-corrected chi connectivity index (χ1v) is 7.95. The van der Waals surface area contributed by atoms with Crippen molar-refractivity contribution in [1.82, 2.24) is 0 Å². The molecule has 18 heavy (non-hydrogen) atoms. The van der Waals surface area contributed by atoms with Gasteiger partial charge in [0.25, 0.3) is 0 Å². The molecule has 94 valence electrons. The number of phenolic OH excluding ortho intramolecular Hbond substituents is 1. The number of phenols is 1. The van der Waals surface area contributed by atoms with E-state index >= 15 is 0 Å². The Hall–Kier alpha value is -0.0400. The van der Waals surface area contributed by atoms with Gasteiger partial charge in [-0.2, -0.15) is 0 Å². The first-order valence-electron chi connectivity index (χ1n) is 4.78. The molecule has 0 fully saturated rings. The summed E-state index contributed by atoms with van der Waals surface area (Å²) in [5.41, 5.74) is 0. The molecule has 0 saturated heterocycles. The van der Waals surface area contributed by atoms with Crippen LogP contribution in [0.15, 0.2) is 48.2 Å². The second-order valence-electron chi connectivity index (χ2n) is 3.41. The van der Waals surface area contributed by atoms with Crippen molar-refractivity contribution in [2.75, 3.05) is 0 Å². The van der Waals surface area contributed by atoms with Gasteiger partial charge in [0.2, 0.25) is 0 Å². The van der Waals surface area contributed by atoms with Gasteiger partial charge < -0.3 is 9.84 Å². The molecule has 0 aliphatic heterocycles. The Labute approximate surface area is 138 Å². The minimum Gasteiger partial charge on any atom is -0.506 e. The number of benzene rings is 2. The lowest BCUT2D eigenvalue weighted by atomic mass is 10.3. The summed E-state index contributed by atoms with van der Waals surface area (Å²) >= 11 is 13.3. The summed E-state index contributed by atoms with van der Waals surface area (Å²) in [6.07, 6.45) is 0. The summed E-state index contributed by atoms with van der Waals surface area (Å²) in [7, 11) is 0. The Kier molecular flexibility index (Phi) is 4.75. The summed E-state index contributed by atoms with van der Waals surface area (Å²) in [5, 5.41) is 9.62. The van der Waals surface area contributed by atoms with Crippen molar-refractivity contribution in [1.29, 1.82) is 0 Å². The van der Waals surface area contributed by atoms with E-state index in [1.54, 1.807) is 12.1 Å². The molecule has 0 bridgehead atoms. The van der Waals surface area contributed by atoms with Crippen molar-refractivity contribution in [2.24, 2.45) is 0 Å². The van der Waals surface area contributed by atoms with Gasteiger partial charge in [-0.05, 0) is 78.1 Å². The van der Waals surface area contributed by atoms with Gasteiger partial charge in [-0.3, -0.25) is 0 Å². The fourth-order valence-electron chi connectivity index (χ4n) is 1.29. The van der Waals surface area contributed by atoms with Crippen molar-refractivity contribution < 1.29 is 9.84 Å². The largest absolute Gasteiger partial charge is 0.506 e. The molecule has 0 radical (unpaired) electrons. The lowest BCUT2D eigenvalue weighted by Gasteiger charge is -2.10. The second-order valence-corrected chi connectivity index (χ2v) is 6.89. The predicted molar refractivity (Wildman–Crippen MR) is 85.4 cm³/mol. The van der Waals surface area contributed by atoms with Crippen LogP contribution in [0, 0.1) is 0 Å². The minimum absolute atomic E-state index is 0.150. The molecule has 0 saturated carbocycles. The Morgan fingerprint density at radius 2 is 1.44 bits per heavy atom. The van der Waals surface area contributed by atoms with Crippen molar-refractivity contribution in [3.63, 3.8) is 0 Å². The Balaban J connectivity index is 2.34. The molecule has 0 aliphatic carbocycles. The third kappa shape index (κ3) is 3.29. The molecule has 0 unspecified atom stereocenters. The molecule has 2 rings (SSSR count).